The summed E-state index contributed by atoms with van der Waals surface area (Å²) in [6.07, 6.45) is 3.76. The van der Waals surface area contributed by atoms with Crippen LogP contribution in [0.5, 0.6) is 0 Å². The summed E-state index contributed by atoms with van der Waals surface area (Å²) in [5, 5.41) is 0. The molecule has 2 aliphatic rings. The van der Waals surface area contributed by atoms with Crippen LogP contribution in [0.4, 0.5) is 0 Å². The molecule has 2 nitrogen and oxygen atoms in total. The lowest BCUT2D eigenvalue weighted by Gasteiger charge is -2.37. The number of ether oxygens (including phenoxy) is 1. The quantitative estimate of drug-likeness (QED) is 0.613. The molecule has 2 heteroatoms. The zero-order valence-corrected chi connectivity index (χ0v) is 8.67. The standard InChI is InChI=1S/C11H18O2/c1-10(2)8-4-5-11(10,3)9(6-8)13-7-12/h7-9H,4-6H2,1-3H3/t8-,9-,11+/m0/s1. The summed E-state index contributed by atoms with van der Waals surface area (Å²) in [4.78, 5) is 10.4. The summed E-state index contributed by atoms with van der Waals surface area (Å²) in [5.41, 5.74) is 0.569. The summed E-state index contributed by atoms with van der Waals surface area (Å²) < 4.78 is 5.19. The second kappa shape index (κ2) is 2.49. The van der Waals surface area contributed by atoms with Gasteiger partial charge in [-0.1, -0.05) is 20.8 Å². The van der Waals surface area contributed by atoms with E-state index in [4.69, 9.17) is 4.74 Å². The van der Waals surface area contributed by atoms with Gasteiger partial charge in [-0.25, -0.2) is 0 Å². The summed E-state index contributed by atoms with van der Waals surface area (Å²) in [5.74, 6) is 0.752. The van der Waals surface area contributed by atoms with Crippen molar-refractivity contribution in [2.45, 2.75) is 46.1 Å². The zero-order valence-electron chi connectivity index (χ0n) is 8.67. The van der Waals surface area contributed by atoms with E-state index >= 15 is 0 Å². The zero-order chi connectivity index (χ0) is 9.69. The van der Waals surface area contributed by atoms with Gasteiger partial charge in [0.15, 0.2) is 0 Å². The van der Waals surface area contributed by atoms with Gasteiger partial charge in [0.1, 0.15) is 6.10 Å². The predicted molar refractivity (Wildman–Crippen MR) is 50.2 cm³/mol. The molecule has 2 fully saturated rings. The summed E-state index contributed by atoms with van der Waals surface area (Å²) >= 11 is 0. The molecule has 3 atom stereocenters. The maximum absolute atomic E-state index is 10.4. The SMILES string of the molecule is CC1(C)[C@H]2CC[C@]1(C)[C@@H](OC=O)C2. The fraction of sp³-hybridized carbons (Fsp3) is 0.909. The Morgan fingerprint density at radius 1 is 1.38 bits per heavy atom. The van der Waals surface area contributed by atoms with E-state index < -0.39 is 0 Å². The minimum atomic E-state index is 0.166. The third-order valence-corrected chi connectivity index (χ3v) is 4.93. The molecule has 74 valence electrons. The molecular formula is C11H18O2. The molecular weight excluding hydrogens is 164 g/mol. The van der Waals surface area contributed by atoms with Crippen molar-refractivity contribution in [3.05, 3.63) is 0 Å². The molecule has 0 amide bonds. The summed E-state index contributed by atoms with van der Waals surface area (Å²) in [6.45, 7) is 7.53. The molecule has 0 spiro atoms. The fourth-order valence-electron chi connectivity index (χ4n) is 3.40. The van der Waals surface area contributed by atoms with Crippen molar-refractivity contribution < 1.29 is 9.53 Å². The predicted octanol–water partition coefficient (Wildman–Crippen LogP) is 2.37. The smallest absolute Gasteiger partial charge is 0.293 e. The van der Waals surface area contributed by atoms with Crippen LogP contribution in [0, 0.1) is 16.7 Å². The van der Waals surface area contributed by atoms with Crippen LogP contribution in [-0.4, -0.2) is 12.6 Å². The Bertz CT molecular complexity index is 234. The molecule has 2 bridgehead atoms. The Morgan fingerprint density at radius 3 is 2.46 bits per heavy atom. The van der Waals surface area contributed by atoms with Crippen LogP contribution in [0.15, 0.2) is 0 Å². The molecule has 2 saturated carbocycles. The molecule has 2 aliphatic carbocycles. The Morgan fingerprint density at radius 2 is 2.08 bits per heavy atom. The number of fused-ring (bicyclic) bond motifs is 2. The monoisotopic (exact) mass is 182 g/mol. The number of carbonyl (C=O) groups excluding carboxylic acids is 1. The highest BCUT2D eigenvalue weighted by molar-refractivity contribution is 5.38. The van der Waals surface area contributed by atoms with E-state index in [1.165, 1.54) is 12.8 Å². The van der Waals surface area contributed by atoms with Crippen LogP contribution in [-0.2, 0) is 9.53 Å². The maximum Gasteiger partial charge on any atom is 0.293 e. The third kappa shape index (κ3) is 0.918. The van der Waals surface area contributed by atoms with E-state index in [2.05, 4.69) is 20.8 Å². The fourth-order valence-corrected chi connectivity index (χ4v) is 3.40. The first-order valence-corrected chi connectivity index (χ1v) is 5.11. The van der Waals surface area contributed by atoms with Gasteiger partial charge in [-0.05, 0) is 30.6 Å². The molecule has 0 unspecified atom stereocenters. The van der Waals surface area contributed by atoms with Gasteiger partial charge in [-0.3, -0.25) is 4.79 Å². The van der Waals surface area contributed by atoms with Gasteiger partial charge >= 0.3 is 0 Å². The minimum absolute atomic E-state index is 0.166. The Labute approximate surface area is 79.7 Å². The minimum Gasteiger partial charge on any atom is -0.464 e. The van der Waals surface area contributed by atoms with Crippen molar-refractivity contribution in [2.75, 3.05) is 0 Å². The van der Waals surface area contributed by atoms with Crippen molar-refractivity contribution in [2.24, 2.45) is 16.7 Å². The number of hydrogen-bond donors (Lipinski definition) is 0. The Balaban J connectivity index is 2.27. The summed E-state index contributed by atoms with van der Waals surface area (Å²) in [7, 11) is 0. The lowest BCUT2D eigenvalue weighted by atomic mass is 9.70. The first-order chi connectivity index (χ1) is 6.02. The normalized spacial score (nSPS) is 46.4. The highest BCUT2D eigenvalue weighted by Gasteiger charge is 2.62. The van der Waals surface area contributed by atoms with Gasteiger partial charge in [0.2, 0.25) is 0 Å². The lowest BCUT2D eigenvalue weighted by molar-refractivity contribution is -0.141. The van der Waals surface area contributed by atoms with Crippen LogP contribution in [0.2, 0.25) is 0 Å². The van der Waals surface area contributed by atoms with E-state index in [-0.39, 0.29) is 11.5 Å². The van der Waals surface area contributed by atoms with Gasteiger partial charge < -0.3 is 4.74 Å². The number of carbonyl (C=O) groups is 1. The Kier molecular flexibility index (Phi) is 1.73. The average molecular weight is 182 g/mol. The van der Waals surface area contributed by atoms with Crippen molar-refractivity contribution >= 4 is 6.47 Å². The van der Waals surface area contributed by atoms with Crippen molar-refractivity contribution in [1.82, 2.24) is 0 Å². The topological polar surface area (TPSA) is 26.3 Å². The average Bonchev–Trinajstić information content (AvgIpc) is 2.37. The van der Waals surface area contributed by atoms with Crippen LogP contribution in [0.1, 0.15) is 40.0 Å². The highest BCUT2D eigenvalue weighted by atomic mass is 16.5. The molecule has 0 heterocycles. The summed E-state index contributed by atoms with van der Waals surface area (Å²) in [6, 6.07) is 0. The van der Waals surface area contributed by atoms with Crippen LogP contribution >= 0.6 is 0 Å². The van der Waals surface area contributed by atoms with Crippen LogP contribution < -0.4 is 0 Å². The third-order valence-electron chi connectivity index (χ3n) is 4.93. The van der Waals surface area contributed by atoms with E-state index in [0.29, 0.717) is 11.9 Å². The van der Waals surface area contributed by atoms with Crippen molar-refractivity contribution in [3.8, 4) is 0 Å². The Hall–Kier alpha value is -0.530. The van der Waals surface area contributed by atoms with Gasteiger partial charge in [0, 0.05) is 5.41 Å². The highest BCUT2D eigenvalue weighted by Crippen LogP contribution is 2.66. The van der Waals surface area contributed by atoms with Gasteiger partial charge in [-0.15, -0.1) is 0 Å². The van der Waals surface area contributed by atoms with Gasteiger partial charge in [0.05, 0.1) is 0 Å². The number of hydrogen-bond acceptors (Lipinski definition) is 2. The van der Waals surface area contributed by atoms with E-state index in [1.807, 2.05) is 0 Å². The van der Waals surface area contributed by atoms with Crippen LogP contribution in [0.3, 0.4) is 0 Å². The van der Waals surface area contributed by atoms with E-state index in [1.54, 1.807) is 0 Å². The molecule has 0 saturated heterocycles. The maximum atomic E-state index is 10.4. The largest absolute Gasteiger partial charge is 0.464 e. The molecule has 13 heavy (non-hydrogen) atoms. The molecule has 2 rings (SSSR count). The second-order valence-electron chi connectivity index (χ2n) is 5.33. The molecule has 0 aromatic carbocycles. The first-order valence-electron chi connectivity index (χ1n) is 5.11. The van der Waals surface area contributed by atoms with Gasteiger partial charge in [0.25, 0.3) is 6.47 Å². The van der Waals surface area contributed by atoms with E-state index in [0.717, 1.165) is 12.3 Å². The second-order valence-corrected chi connectivity index (χ2v) is 5.33. The molecule has 0 aromatic rings. The molecule has 0 N–H and O–H groups in total. The van der Waals surface area contributed by atoms with Gasteiger partial charge in [-0.2, -0.15) is 0 Å². The van der Waals surface area contributed by atoms with E-state index in [9.17, 15) is 4.79 Å². The lowest BCUT2D eigenvalue weighted by Crippen LogP contribution is -2.36. The molecule has 0 aliphatic heterocycles. The van der Waals surface area contributed by atoms with Crippen molar-refractivity contribution in [3.63, 3.8) is 0 Å². The molecule has 0 radical (unpaired) electrons. The molecule has 0 aromatic heterocycles. The van der Waals surface area contributed by atoms with Crippen molar-refractivity contribution in [1.29, 1.82) is 0 Å². The van der Waals surface area contributed by atoms with Crippen LogP contribution in [0.25, 0.3) is 0 Å². The first kappa shape index (κ1) is 9.04. The number of rotatable bonds is 2.